The van der Waals surface area contributed by atoms with Crippen LogP contribution >= 0.6 is 23.4 Å². The van der Waals surface area contributed by atoms with Crippen molar-refractivity contribution in [3.8, 4) is 0 Å². The Hall–Kier alpha value is -0.160. The van der Waals surface area contributed by atoms with Gasteiger partial charge in [0.1, 0.15) is 35.5 Å². The molecule has 27 heavy (non-hydrogen) atoms. The first-order valence-corrected chi connectivity index (χ1v) is 10.9. The van der Waals surface area contributed by atoms with E-state index in [4.69, 9.17) is 16.3 Å². The zero-order valence-corrected chi connectivity index (χ0v) is 17.3. The van der Waals surface area contributed by atoms with Crippen LogP contribution in [0.25, 0.3) is 0 Å². The molecule has 9 unspecified atom stereocenters. The number of thioether (sulfide) groups is 1. The maximum atomic E-state index is 14.6. The maximum Gasteiger partial charge on any atom is 0.237 e. The number of alkyl halides is 2. The fraction of sp³-hybridized carbons (Fsp3) is 0.941. The number of ether oxygens (including phenoxy) is 1. The van der Waals surface area contributed by atoms with E-state index in [1.54, 1.807) is 20.1 Å². The van der Waals surface area contributed by atoms with E-state index >= 15 is 0 Å². The number of piperidine rings is 1. The predicted octanol–water partition coefficient (Wildman–Crippen LogP) is 0.139. The van der Waals surface area contributed by atoms with E-state index in [2.05, 4.69) is 10.6 Å². The lowest BCUT2D eigenvalue weighted by Gasteiger charge is -2.44. The second-order valence-electron chi connectivity index (χ2n) is 7.35. The molecule has 1 amide bonds. The lowest BCUT2D eigenvalue weighted by molar-refractivity contribution is -0.205. The normalized spacial score (nSPS) is 42.4. The van der Waals surface area contributed by atoms with Gasteiger partial charge in [-0.3, -0.25) is 4.79 Å². The van der Waals surface area contributed by atoms with E-state index in [1.165, 1.54) is 11.8 Å². The third-order valence-electron chi connectivity index (χ3n) is 5.48. The Morgan fingerprint density at radius 1 is 1.41 bits per heavy atom. The Kier molecular flexibility index (Phi) is 8.19. The smallest absolute Gasteiger partial charge is 0.237 e. The molecular weight excluding hydrogens is 399 g/mol. The number of aliphatic hydroxyl groups is 3. The van der Waals surface area contributed by atoms with Gasteiger partial charge in [0.05, 0.1) is 17.5 Å². The van der Waals surface area contributed by atoms with E-state index in [9.17, 15) is 24.5 Å². The molecule has 2 fully saturated rings. The van der Waals surface area contributed by atoms with Crippen LogP contribution < -0.4 is 10.6 Å². The Labute approximate surface area is 168 Å². The third kappa shape index (κ3) is 5.26. The molecule has 7 nitrogen and oxygen atoms in total. The van der Waals surface area contributed by atoms with Gasteiger partial charge < -0.3 is 30.7 Å². The molecule has 0 aliphatic carbocycles. The molecule has 158 valence electrons. The highest BCUT2D eigenvalue weighted by molar-refractivity contribution is 7.99. The van der Waals surface area contributed by atoms with Crippen molar-refractivity contribution in [3.05, 3.63) is 0 Å². The van der Waals surface area contributed by atoms with Crippen LogP contribution in [0.3, 0.4) is 0 Å². The molecule has 5 N–H and O–H groups in total. The molecule has 9 atom stereocenters. The van der Waals surface area contributed by atoms with Gasteiger partial charge in [-0.05, 0) is 32.6 Å². The molecule has 0 spiro atoms. The average molecular weight is 429 g/mol. The fourth-order valence-electron chi connectivity index (χ4n) is 3.61. The van der Waals surface area contributed by atoms with Gasteiger partial charge in [0.25, 0.3) is 0 Å². The average Bonchev–Trinajstić information content (AvgIpc) is 2.64. The van der Waals surface area contributed by atoms with E-state index < -0.39 is 58.9 Å². The van der Waals surface area contributed by atoms with Gasteiger partial charge in [0.2, 0.25) is 5.91 Å². The Balaban J connectivity index is 2.11. The molecular formula is C17H30ClFN2O5S. The number of nitrogens with one attached hydrogen (secondary N) is 2. The molecule has 2 aliphatic rings. The fourth-order valence-corrected chi connectivity index (χ4v) is 4.49. The molecule has 2 aliphatic heterocycles. The van der Waals surface area contributed by atoms with Crippen LogP contribution in [0.2, 0.25) is 0 Å². The van der Waals surface area contributed by atoms with Crippen LogP contribution in [0.4, 0.5) is 4.39 Å². The maximum absolute atomic E-state index is 14.6. The lowest BCUT2D eigenvalue weighted by atomic mass is 9.86. The summed E-state index contributed by atoms with van der Waals surface area (Å²) in [6.07, 6.45) is -2.68. The Morgan fingerprint density at radius 2 is 2.07 bits per heavy atom. The number of carbonyl (C=O) groups is 1. The number of hydrogen-bond acceptors (Lipinski definition) is 7. The summed E-state index contributed by atoms with van der Waals surface area (Å²) in [6, 6.07) is -1.54. The predicted molar refractivity (Wildman–Crippen MR) is 103 cm³/mol. The highest BCUT2D eigenvalue weighted by atomic mass is 35.5. The lowest BCUT2D eigenvalue weighted by Crippen LogP contribution is -2.65. The summed E-state index contributed by atoms with van der Waals surface area (Å²) in [7, 11) is 0. The van der Waals surface area contributed by atoms with Crippen molar-refractivity contribution in [2.75, 3.05) is 12.8 Å². The molecule has 0 aromatic rings. The van der Waals surface area contributed by atoms with Gasteiger partial charge in [-0.1, -0.05) is 6.92 Å². The number of aliphatic hydroxyl groups excluding tert-OH is 3. The number of hydrogen-bond donors (Lipinski definition) is 5. The van der Waals surface area contributed by atoms with Crippen molar-refractivity contribution >= 4 is 29.3 Å². The zero-order valence-electron chi connectivity index (χ0n) is 15.8. The minimum Gasteiger partial charge on any atom is -0.388 e. The van der Waals surface area contributed by atoms with Gasteiger partial charge >= 0.3 is 0 Å². The van der Waals surface area contributed by atoms with Gasteiger partial charge in [-0.2, -0.15) is 0 Å². The van der Waals surface area contributed by atoms with Crippen molar-refractivity contribution in [2.45, 2.75) is 86.1 Å². The number of rotatable bonds is 6. The van der Waals surface area contributed by atoms with Gasteiger partial charge in [0.15, 0.2) is 0 Å². The van der Waals surface area contributed by atoms with Gasteiger partial charge in [-0.15, -0.1) is 23.4 Å². The monoisotopic (exact) mass is 428 g/mol. The third-order valence-corrected chi connectivity index (χ3v) is 6.61. The minimum atomic E-state index is -1.43. The van der Waals surface area contributed by atoms with Crippen molar-refractivity contribution in [1.29, 1.82) is 0 Å². The molecule has 0 radical (unpaired) electrons. The summed E-state index contributed by atoms with van der Waals surface area (Å²) in [6.45, 7) is 3.78. The first-order valence-electron chi connectivity index (χ1n) is 9.22. The summed E-state index contributed by atoms with van der Waals surface area (Å²) in [5, 5.41) is 35.6. The summed E-state index contributed by atoms with van der Waals surface area (Å²) in [4.78, 5) is 12.7. The second kappa shape index (κ2) is 9.56. The first-order chi connectivity index (χ1) is 12.6. The number of halogens is 2. The summed E-state index contributed by atoms with van der Waals surface area (Å²) >= 11 is 7.41. The molecule has 0 bridgehead atoms. The second-order valence-corrected chi connectivity index (χ2v) is 8.98. The van der Waals surface area contributed by atoms with Crippen LogP contribution in [0, 0.1) is 0 Å². The van der Waals surface area contributed by atoms with Crippen LogP contribution in [0.5, 0.6) is 0 Å². The summed E-state index contributed by atoms with van der Waals surface area (Å²) in [5.41, 5.74) is -2.16. The van der Waals surface area contributed by atoms with Crippen molar-refractivity contribution in [2.24, 2.45) is 0 Å². The number of amides is 1. The van der Waals surface area contributed by atoms with E-state index in [0.29, 0.717) is 19.4 Å². The van der Waals surface area contributed by atoms with Crippen molar-refractivity contribution in [3.63, 3.8) is 0 Å². The van der Waals surface area contributed by atoms with E-state index in [-0.39, 0.29) is 6.42 Å². The quantitative estimate of drug-likeness (QED) is 0.383. The first kappa shape index (κ1) is 23.1. The largest absolute Gasteiger partial charge is 0.388 e. The Bertz CT molecular complexity index is 518. The minimum absolute atomic E-state index is 0.0571. The highest BCUT2D eigenvalue weighted by Gasteiger charge is 2.48. The molecule has 2 saturated heterocycles. The Morgan fingerprint density at radius 3 is 2.63 bits per heavy atom. The zero-order chi connectivity index (χ0) is 20.4. The van der Waals surface area contributed by atoms with Crippen LogP contribution in [-0.4, -0.2) is 87.0 Å². The van der Waals surface area contributed by atoms with Gasteiger partial charge in [-0.25, -0.2) is 4.39 Å². The topological polar surface area (TPSA) is 111 Å². The summed E-state index contributed by atoms with van der Waals surface area (Å²) in [5.74, 6) is -0.431. The van der Waals surface area contributed by atoms with Crippen molar-refractivity contribution < 1.29 is 29.2 Å². The molecule has 0 saturated carbocycles. The SMILES string of the molecule is CCC1(F)CCNC(C(=O)NC(C(C)Cl)C2OC(SC)C(O)C(O)C2O)C1. The highest BCUT2D eigenvalue weighted by Crippen LogP contribution is 2.31. The molecule has 2 rings (SSSR count). The number of carbonyl (C=O) groups excluding carboxylic acids is 1. The van der Waals surface area contributed by atoms with E-state index in [1.807, 2.05) is 0 Å². The molecule has 2 heterocycles. The van der Waals surface area contributed by atoms with Crippen LogP contribution in [0.1, 0.15) is 33.1 Å². The van der Waals surface area contributed by atoms with Crippen molar-refractivity contribution in [1.82, 2.24) is 10.6 Å². The van der Waals surface area contributed by atoms with Gasteiger partial charge in [0, 0.05) is 6.42 Å². The molecule has 0 aromatic heterocycles. The molecule has 10 heteroatoms. The van der Waals surface area contributed by atoms with Crippen LogP contribution in [0.15, 0.2) is 0 Å². The summed E-state index contributed by atoms with van der Waals surface area (Å²) < 4.78 is 20.4. The standard InChI is InChI=1S/C17H30ClFN2O5S/c1-4-17(19)5-6-20-9(7-17)15(25)21-10(8(2)18)14-12(23)11(22)13(24)16(26-14)27-3/h8-14,16,20,22-24H,4-7H2,1-3H3,(H,21,25). The van der Waals surface area contributed by atoms with E-state index in [0.717, 1.165) is 0 Å². The molecule has 0 aromatic carbocycles. The van der Waals surface area contributed by atoms with Crippen LogP contribution in [-0.2, 0) is 9.53 Å².